The van der Waals surface area contributed by atoms with E-state index in [1.807, 2.05) is 0 Å². The molecule has 4 amide bonds. The molecule has 0 aliphatic rings. The summed E-state index contributed by atoms with van der Waals surface area (Å²) >= 11 is 12.2. The van der Waals surface area contributed by atoms with E-state index in [0.717, 1.165) is 5.32 Å². The van der Waals surface area contributed by atoms with Gasteiger partial charge >= 0.3 is 12.1 Å². The molecular weight excluding hydrogens is 728 g/mol. The number of aromatic nitrogens is 1. The summed E-state index contributed by atoms with van der Waals surface area (Å²) in [4.78, 5) is 69.6. The number of carbonyl (C=O) groups excluding carboxylic acids is 5. The Balaban J connectivity index is 1.97. The van der Waals surface area contributed by atoms with Crippen LogP contribution in [0.1, 0.15) is 41.5 Å². The lowest BCUT2D eigenvalue weighted by Gasteiger charge is -2.28. The first-order chi connectivity index (χ1) is 23.8. The number of methoxy groups -OCH3 is 1. The van der Waals surface area contributed by atoms with E-state index < -0.39 is 72.1 Å². The average Bonchev–Trinajstić information content (AvgIpc) is 3.09. The van der Waals surface area contributed by atoms with Crippen molar-refractivity contribution in [2.45, 2.75) is 50.5 Å². The third kappa shape index (κ3) is 11.3. The van der Waals surface area contributed by atoms with Crippen LogP contribution in [0.3, 0.4) is 0 Å². The number of ketones is 1. The summed E-state index contributed by atoms with van der Waals surface area (Å²) in [6.07, 6.45) is -3.88. The number of nitrogens with one attached hydrogen (secondary N) is 4. The zero-order valence-electron chi connectivity index (χ0n) is 27.1. The number of Topliss-reactive ketones (excluding diaryl/α,β-unsaturated/α-hetero) is 1. The normalized spacial score (nSPS) is 13.4. The molecule has 274 valence electrons. The molecule has 1 heterocycles. The Labute approximate surface area is 298 Å². The number of rotatable bonds is 15. The molecule has 2 aromatic carbocycles. The van der Waals surface area contributed by atoms with Gasteiger partial charge in [0, 0.05) is 12.6 Å². The second kappa shape index (κ2) is 17.4. The summed E-state index contributed by atoms with van der Waals surface area (Å²) in [5, 5.41) is 8.45. The summed E-state index contributed by atoms with van der Waals surface area (Å²) < 4.78 is 72.5. The van der Waals surface area contributed by atoms with Gasteiger partial charge < -0.3 is 26.0 Å². The summed E-state index contributed by atoms with van der Waals surface area (Å²) in [6, 6.07) is 9.26. The maximum Gasteiger partial charge on any atom is 0.405 e. The van der Waals surface area contributed by atoms with E-state index in [9.17, 15) is 45.9 Å². The number of alkyl halides is 5. The average molecular weight is 761 g/mol. The topological polar surface area (TPSA) is 156 Å². The van der Waals surface area contributed by atoms with Crippen molar-refractivity contribution in [3.05, 3.63) is 93.7 Å². The van der Waals surface area contributed by atoms with Crippen LogP contribution in [0.5, 0.6) is 5.75 Å². The maximum absolute atomic E-state index is 14.9. The minimum Gasteiger partial charge on any atom is -0.497 e. The van der Waals surface area contributed by atoms with Crippen LogP contribution in [0.25, 0.3) is 0 Å². The fourth-order valence-corrected chi connectivity index (χ4v) is 4.87. The second-order valence-corrected chi connectivity index (χ2v) is 12.2. The van der Waals surface area contributed by atoms with E-state index in [4.69, 9.17) is 27.9 Å². The van der Waals surface area contributed by atoms with Crippen LogP contribution < -0.4 is 26.0 Å². The molecule has 3 aromatic rings. The van der Waals surface area contributed by atoms with Crippen LogP contribution in [0, 0.1) is 5.92 Å². The van der Waals surface area contributed by atoms with E-state index in [1.165, 1.54) is 75.7 Å². The molecule has 0 unspecified atom stereocenters. The lowest BCUT2D eigenvalue weighted by molar-refractivity contribution is -0.165. The van der Waals surface area contributed by atoms with Gasteiger partial charge in [-0.15, -0.1) is 0 Å². The quantitative estimate of drug-likeness (QED) is 0.130. The molecule has 0 aliphatic heterocycles. The van der Waals surface area contributed by atoms with Crippen molar-refractivity contribution in [3.63, 3.8) is 0 Å². The summed E-state index contributed by atoms with van der Waals surface area (Å²) in [6.45, 7) is 0.362. The highest BCUT2D eigenvalue weighted by atomic mass is 35.5. The van der Waals surface area contributed by atoms with Gasteiger partial charge in [0.1, 0.15) is 30.1 Å². The first-order valence-corrected chi connectivity index (χ1v) is 15.8. The Bertz CT molecular complexity index is 1730. The van der Waals surface area contributed by atoms with E-state index in [2.05, 4.69) is 20.9 Å². The van der Waals surface area contributed by atoms with Crippen molar-refractivity contribution in [3.8, 4) is 5.75 Å². The molecule has 11 nitrogen and oxygen atoms in total. The molecule has 0 fully saturated rings. The molecule has 1 aromatic heterocycles. The largest absolute Gasteiger partial charge is 0.497 e. The van der Waals surface area contributed by atoms with Crippen LogP contribution in [0.15, 0.2) is 66.9 Å². The zero-order chi connectivity index (χ0) is 38.1. The van der Waals surface area contributed by atoms with Crippen LogP contribution in [0.2, 0.25) is 10.0 Å². The predicted octanol–water partition coefficient (Wildman–Crippen LogP) is 4.62. The van der Waals surface area contributed by atoms with E-state index in [-0.39, 0.29) is 27.7 Å². The fourth-order valence-electron chi connectivity index (χ4n) is 4.55. The van der Waals surface area contributed by atoms with Gasteiger partial charge in [-0.3, -0.25) is 29.0 Å². The van der Waals surface area contributed by atoms with Gasteiger partial charge in [-0.05, 0) is 53.4 Å². The molecule has 0 saturated heterocycles. The molecule has 0 bridgehead atoms. The number of hydrogen-bond donors (Lipinski definition) is 4. The van der Waals surface area contributed by atoms with E-state index in [1.54, 1.807) is 12.1 Å². The van der Waals surface area contributed by atoms with Crippen molar-refractivity contribution >= 4 is 52.6 Å². The summed E-state index contributed by atoms with van der Waals surface area (Å²) in [5.41, 5.74) is 0.454. The van der Waals surface area contributed by atoms with Crippen molar-refractivity contribution in [1.29, 1.82) is 0 Å². The Morgan fingerprint density at radius 3 is 2.06 bits per heavy atom. The number of carbonyl (C=O) groups is 5. The molecule has 3 atom stereocenters. The lowest BCUT2D eigenvalue weighted by Crippen LogP contribution is -2.58. The van der Waals surface area contributed by atoms with Crippen LogP contribution in [-0.4, -0.2) is 72.2 Å². The van der Waals surface area contributed by atoms with Gasteiger partial charge in [-0.1, -0.05) is 61.3 Å². The lowest BCUT2D eigenvalue weighted by atomic mass is 9.94. The van der Waals surface area contributed by atoms with Gasteiger partial charge in [0.15, 0.2) is 0 Å². The standard InChI is InChI=1S/C33H32Cl2F5N5O6/c1-17(2)25(27(46)33(39,40)31(50)42-16-32(36,37)38)44-30(49)26(19-8-10-20(51-3)11-9-19)45-29(48)24(15-18-7-12-21(34)22(35)14-18)43-28(47)23-6-4-5-13-41-23/h4-14,17,24-26H,15-16H2,1-3H3,(H,42,50)(H,43,47)(H,44,49)(H,45,48)/t24-,25-,26-/m0/s1. The molecule has 4 N–H and O–H groups in total. The van der Waals surface area contributed by atoms with Crippen molar-refractivity contribution in [2.75, 3.05) is 13.7 Å². The first-order valence-electron chi connectivity index (χ1n) is 15.0. The molecule has 3 rings (SSSR count). The van der Waals surface area contributed by atoms with Crippen molar-refractivity contribution in [1.82, 2.24) is 26.3 Å². The zero-order valence-corrected chi connectivity index (χ0v) is 28.6. The molecule has 0 radical (unpaired) electrons. The Morgan fingerprint density at radius 2 is 1.51 bits per heavy atom. The van der Waals surface area contributed by atoms with Crippen LogP contribution in [0.4, 0.5) is 22.0 Å². The van der Waals surface area contributed by atoms with Gasteiger partial charge in [0.2, 0.25) is 17.6 Å². The highest BCUT2D eigenvalue weighted by Gasteiger charge is 2.52. The fraction of sp³-hybridized carbons (Fsp3) is 0.333. The highest BCUT2D eigenvalue weighted by molar-refractivity contribution is 6.42. The minimum absolute atomic E-state index is 0.0487. The Kier molecular flexibility index (Phi) is 13.8. The van der Waals surface area contributed by atoms with Crippen molar-refractivity contribution in [2.24, 2.45) is 5.92 Å². The third-order valence-electron chi connectivity index (χ3n) is 7.23. The molecule has 0 spiro atoms. The molecule has 0 aliphatic carbocycles. The Morgan fingerprint density at radius 1 is 0.843 bits per heavy atom. The third-order valence-corrected chi connectivity index (χ3v) is 7.97. The predicted molar refractivity (Wildman–Crippen MR) is 175 cm³/mol. The first kappa shape index (κ1) is 40.6. The number of ether oxygens (including phenoxy) is 1. The van der Waals surface area contributed by atoms with E-state index in [0.29, 0.717) is 11.3 Å². The minimum atomic E-state index is -5.04. The number of hydrogen-bond acceptors (Lipinski definition) is 7. The van der Waals surface area contributed by atoms with Gasteiger partial charge in [-0.25, -0.2) is 0 Å². The molecular formula is C33H32Cl2F5N5O6. The summed E-state index contributed by atoms with van der Waals surface area (Å²) in [5.74, 6) is -13.4. The molecule has 18 heteroatoms. The number of nitrogens with zero attached hydrogens (tertiary/aromatic N) is 1. The van der Waals surface area contributed by atoms with Crippen LogP contribution >= 0.6 is 23.2 Å². The van der Waals surface area contributed by atoms with Crippen molar-refractivity contribution < 1.29 is 50.7 Å². The number of pyridine rings is 1. The Hall–Kier alpha value is -4.83. The second-order valence-electron chi connectivity index (χ2n) is 11.4. The van der Waals surface area contributed by atoms with Crippen LogP contribution in [-0.2, 0) is 25.6 Å². The van der Waals surface area contributed by atoms with E-state index >= 15 is 0 Å². The van der Waals surface area contributed by atoms with Gasteiger partial charge in [0.25, 0.3) is 11.8 Å². The molecule has 0 saturated carbocycles. The number of benzene rings is 2. The number of halogens is 7. The maximum atomic E-state index is 14.9. The SMILES string of the molecule is COc1ccc([C@H](NC(=O)[C@H](Cc2ccc(Cl)c(Cl)c2)NC(=O)c2ccccn2)C(=O)N[C@H](C(=O)C(F)(F)C(=O)NCC(F)(F)F)C(C)C)cc1. The summed E-state index contributed by atoms with van der Waals surface area (Å²) in [7, 11) is 1.36. The van der Waals surface area contributed by atoms with Gasteiger partial charge in [0.05, 0.1) is 23.2 Å². The highest BCUT2D eigenvalue weighted by Crippen LogP contribution is 2.25. The molecule has 51 heavy (non-hydrogen) atoms. The number of amides is 4. The monoisotopic (exact) mass is 759 g/mol. The van der Waals surface area contributed by atoms with Gasteiger partial charge in [-0.2, -0.15) is 22.0 Å². The smallest absolute Gasteiger partial charge is 0.405 e.